The molecule has 0 aromatic carbocycles. The number of allylic oxidation sites excluding steroid dienone is 8. The maximum Gasteiger partial charge on any atom is 0.148 e. The molecule has 0 bridgehead atoms. The number of hydrogen-bond donors (Lipinski definition) is 0. The molecule has 4 aliphatic rings. The lowest BCUT2D eigenvalue weighted by Gasteiger charge is -2.19. The molecule has 0 radical (unpaired) electrons. The third-order valence-electron chi connectivity index (χ3n) is 3.93. The van der Waals surface area contributed by atoms with Crippen LogP contribution >= 0.6 is 0 Å². The van der Waals surface area contributed by atoms with Crippen molar-refractivity contribution in [3.05, 3.63) is 71.2 Å². The van der Waals surface area contributed by atoms with Crippen LogP contribution in [0.1, 0.15) is 19.3 Å². The van der Waals surface area contributed by atoms with Crippen LogP contribution in [0.25, 0.3) is 0 Å². The van der Waals surface area contributed by atoms with Crippen LogP contribution in [0.2, 0.25) is 0 Å². The zero-order chi connectivity index (χ0) is 14.8. The predicted molar refractivity (Wildman–Crippen MR) is 86.4 cm³/mol. The lowest BCUT2D eigenvalue weighted by Crippen LogP contribution is -2.11. The lowest BCUT2D eigenvalue weighted by atomic mass is 9.95. The molecule has 0 saturated heterocycles. The minimum absolute atomic E-state index is 0.572. The van der Waals surface area contributed by atoms with Gasteiger partial charge in [-0.3, -0.25) is 9.98 Å². The van der Waals surface area contributed by atoms with E-state index in [9.17, 15) is 0 Å². The summed E-state index contributed by atoms with van der Waals surface area (Å²) in [6, 6.07) is 0. The SMILES string of the molecule is C1=COC2=CC=C(C/C=C3\C=CC4=C(C3)N=CCO4)CC2=N1. The number of ether oxygens (including phenoxy) is 2. The number of aliphatic imine (C=N–C) groups is 2. The molecule has 4 nitrogen and oxygen atoms in total. The standard InChI is InChI=1S/C18H16N2O2/c1(13-3-5-17-15(11-13)19-7-9-21-17)2-14-4-6-18-16(12-14)20-8-10-22-18/h1,3-8,10H,2,9,11-12H2/b13-1+. The minimum Gasteiger partial charge on any atom is -0.486 e. The molecule has 0 N–H and O–H groups in total. The van der Waals surface area contributed by atoms with Gasteiger partial charge in [0, 0.05) is 19.1 Å². The van der Waals surface area contributed by atoms with Crippen molar-refractivity contribution < 1.29 is 9.47 Å². The molecule has 4 heteroatoms. The summed E-state index contributed by atoms with van der Waals surface area (Å²) in [5, 5.41) is 0. The molecular formula is C18H16N2O2. The highest BCUT2D eigenvalue weighted by molar-refractivity contribution is 6.02. The van der Waals surface area contributed by atoms with E-state index in [1.165, 1.54) is 11.1 Å². The van der Waals surface area contributed by atoms with E-state index in [4.69, 9.17) is 9.47 Å². The van der Waals surface area contributed by atoms with E-state index >= 15 is 0 Å². The molecule has 22 heavy (non-hydrogen) atoms. The minimum atomic E-state index is 0.572. The summed E-state index contributed by atoms with van der Waals surface area (Å²) >= 11 is 0. The molecule has 2 aliphatic heterocycles. The Hall–Kier alpha value is -2.62. The van der Waals surface area contributed by atoms with Gasteiger partial charge in [-0.25, -0.2) is 0 Å². The zero-order valence-corrected chi connectivity index (χ0v) is 12.2. The molecular weight excluding hydrogens is 276 g/mol. The van der Waals surface area contributed by atoms with E-state index < -0.39 is 0 Å². The van der Waals surface area contributed by atoms with Gasteiger partial charge in [-0.05, 0) is 24.1 Å². The fourth-order valence-electron chi connectivity index (χ4n) is 2.77. The van der Waals surface area contributed by atoms with E-state index in [2.05, 4.69) is 28.2 Å². The van der Waals surface area contributed by atoms with Crippen molar-refractivity contribution in [2.24, 2.45) is 9.98 Å². The monoisotopic (exact) mass is 292 g/mol. The molecule has 2 aliphatic carbocycles. The van der Waals surface area contributed by atoms with Crippen molar-refractivity contribution in [1.29, 1.82) is 0 Å². The van der Waals surface area contributed by atoms with Crippen molar-refractivity contribution in [2.45, 2.75) is 19.3 Å². The maximum absolute atomic E-state index is 5.54. The van der Waals surface area contributed by atoms with Gasteiger partial charge >= 0.3 is 0 Å². The largest absolute Gasteiger partial charge is 0.486 e. The summed E-state index contributed by atoms with van der Waals surface area (Å²) in [7, 11) is 0. The van der Waals surface area contributed by atoms with Crippen molar-refractivity contribution in [2.75, 3.05) is 6.61 Å². The number of rotatable bonds is 2. The molecule has 0 unspecified atom stereocenters. The van der Waals surface area contributed by atoms with Gasteiger partial charge in [-0.1, -0.05) is 23.8 Å². The van der Waals surface area contributed by atoms with Gasteiger partial charge in [0.15, 0.2) is 0 Å². The normalized spacial score (nSPS) is 24.0. The van der Waals surface area contributed by atoms with E-state index in [0.717, 1.165) is 42.2 Å². The molecule has 110 valence electrons. The number of nitrogens with zero attached hydrogens (tertiary/aromatic N) is 2. The lowest BCUT2D eigenvalue weighted by molar-refractivity contribution is 0.265. The second-order valence-corrected chi connectivity index (χ2v) is 5.44. The van der Waals surface area contributed by atoms with Gasteiger partial charge < -0.3 is 9.47 Å². The molecule has 0 aromatic heterocycles. The van der Waals surface area contributed by atoms with Gasteiger partial charge in [0.25, 0.3) is 0 Å². The Bertz CT molecular complexity index is 743. The Labute approximate surface area is 129 Å². The highest BCUT2D eigenvalue weighted by Gasteiger charge is 2.17. The van der Waals surface area contributed by atoms with Crippen molar-refractivity contribution in [1.82, 2.24) is 0 Å². The predicted octanol–water partition coefficient (Wildman–Crippen LogP) is 3.73. The topological polar surface area (TPSA) is 43.2 Å². The van der Waals surface area contributed by atoms with E-state index in [1.807, 2.05) is 18.4 Å². The van der Waals surface area contributed by atoms with Crippen LogP contribution in [0.3, 0.4) is 0 Å². The maximum atomic E-state index is 5.54. The highest BCUT2D eigenvalue weighted by Crippen LogP contribution is 2.28. The summed E-state index contributed by atoms with van der Waals surface area (Å²) in [6.07, 6.45) is 18.2. The number of fused-ring (bicyclic) bond motifs is 1. The van der Waals surface area contributed by atoms with Crippen molar-refractivity contribution >= 4 is 11.9 Å². The van der Waals surface area contributed by atoms with Gasteiger partial charge in [-0.2, -0.15) is 0 Å². The summed E-state index contributed by atoms with van der Waals surface area (Å²) in [4.78, 5) is 8.80. The van der Waals surface area contributed by atoms with E-state index in [0.29, 0.717) is 6.61 Å². The fourth-order valence-corrected chi connectivity index (χ4v) is 2.77. The summed E-state index contributed by atoms with van der Waals surface area (Å²) < 4.78 is 11.0. The molecule has 2 heterocycles. The van der Waals surface area contributed by atoms with E-state index in [1.54, 1.807) is 12.5 Å². The zero-order valence-electron chi connectivity index (χ0n) is 12.2. The Morgan fingerprint density at radius 1 is 1.18 bits per heavy atom. The first-order valence-electron chi connectivity index (χ1n) is 7.42. The molecule has 0 amide bonds. The highest BCUT2D eigenvalue weighted by atomic mass is 16.5. The molecule has 0 aromatic rings. The third-order valence-corrected chi connectivity index (χ3v) is 3.93. The Morgan fingerprint density at radius 3 is 3.18 bits per heavy atom. The fraction of sp³-hybridized carbons (Fsp3) is 0.222. The summed E-state index contributed by atoms with van der Waals surface area (Å²) in [6.45, 7) is 0.572. The Morgan fingerprint density at radius 2 is 2.18 bits per heavy atom. The number of hydrogen-bond acceptors (Lipinski definition) is 4. The summed E-state index contributed by atoms with van der Waals surface area (Å²) in [5.74, 6) is 1.77. The Kier molecular flexibility index (Phi) is 3.35. The third kappa shape index (κ3) is 2.60. The first-order chi connectivity index (χ1) is 10.9. The molecule has 0 saturated carbocycles. The molecule has 0 atom stereocenters. The molecule has 0 spiro atoms. The van der Waals surface area contributed by atoms with Gasteiger partial charge in [-0.15, -0.1) is 0 Å². The molecule has 4 rings (SSSR count). The average Bonchev–Trinajstić information content (AvgIpc) is 2.59. The van der Waals surface area contributed by atoms with Crippen molar-refractivity contribution in [3.8, 4) is 0 Å². The second-order valence-electron chi connectivity index (χ2n) is 5.44. The quantitative estimate of drug-likeness (QED) is 0.778. The van der Waals surface area contributed by atoms with E-state index in [-0.39, 0.29) is 0 Å². The first kappa shape index (κ1) is 13.1. The van der Waals surface area contributed by atoms with Crippen LogP contribution < -0.4 is 0 Å². The smallest absolute Gasteiger partial charge is 0.148 e. The van der Waals surface area contributed by atoms with Crippen LogP contribution in [0, 0.1) is 0 Å². The van der Waals surface area contributed by atoms with Crippen LogP contribution in [0.4, 0.5) is 0 Å². The van der Waals surface area contributed by atoms with Gasteiger partial charge in [0.05, 0.1) is 17.6 Å². The summed E-state index contributed by atoms with van der Waals surface area (Å²) in [5.41, 5.74) is 4.65. The van der Waals surface area contributed by atoms with Crippen molar-refractivity contribution in [3.63, 3.8) is 0 Å². The average molecular weight is 292 g/mol. The van der Waals surface area contributed by atoms with Crippen LogP contribution in [-0.4, -0.2) is 18.5 Å². The van der Waals surface area contributed by atoms with Gasteiger partial charge in [0.2, 0.25) is 0 Å². The Balaban J connectivity index is 1.44. The van der Waals surface area contributed by atoms with Crippen LogP contribution in [0.5, 0.6) is 0 Å². The van der Waals surface area contributed by atoms with Crippen LogP contribution in [0.15, 0.2) is 81.2 Å². The van der Waals surface area contributed by atoms with Gasteiger partial charge in [0.1, 0.15) is 24.4 Å². The second kappa shape index (κ2) is 5.64. The van der Waals surface area contributed by atoms with Crippen LogP contribution in [-0.2, 0) is 9.47 Å². The molecule has 0 fully saturated rings. The first-order valence-corrected chi connectivity index (χ1v) is 7.42.